The summed E-state index contributed by atoms with van der Waals surface area (Å²) in [6, 6.07) is 10.9. The average Bonchev–Trinajstić information content (AvgIpc) is 2.64. The second kappa shape index (κ2) is 9.09. The van der Waals surface area contributed by atoms with Crippen LogP contribution >= 0.6 is 0 Å². The molecule has 1 aromatic carbocycles. The highest BCUT2D eigenvalue weighted by molar-refractivity contribution is 5.91. The van der Waals surface area contributed by atoms with E-state index >= 15 is 0 Å². The molecule has 0 fully saturated rings. The first-order valence-electron chi connectivity index (χ1n) is 7.45. The van der Waals surface area contributed by atoms with Gasteiger partial charge in [0.25, 0.3) is 5.91 Å². The van der Waals surface area contributed by atoms with Crippen LogP contribution in [0, 0.1) is 0 Å². The number of benzene rings is 1. The van der Waals surface area contributed by atoms with Gasteiger partial charge in [-0.1, -0.05) is 18.2 Å². The lowest BCUT2D eigenvalue weighted by atomic mass is 10.2. The van der Waals surface area contributed by atoms with Crippen molar-refractivity contribution in [3.05, 3.63) is 66.0 Å². The number of ether oxygens (including phenoxy) is 1. The van der Waals surface area contributed by atoms with Crippen molar-refractivity contribution in [3.8, 4) is 5.75 Å². The first-order valence-corrected chi connectivity index (χ1v) is 7.45. The second-order valence-electron chi connectivity index (χ2n) is 4.95. The maximum Gasteiger partial charge on any atom is 0.257 e. The Hall–Kier alpha value is -3.15. The van der Waals surface area contributed by atoms with Gasteiger partial charge in [0.15, 0.2) is 6.61 Å². The zero-order chi connectivity index (χ0) is 17.2. The van der Waals surface area contributed by atoms with E-state index in [-0.39, 0.29) is 18.4 Å². The molecule has 0 bridgehead atoms. The minimum absolute atomic E-state index is 0.0464. The Morgan fingerprint density at radius 1 is 1.25 bits per heavy atom. The molecule has 0 unspecified atom stereocenters. The maximum atomic E-state index is 11.8. The molecule has 2 aromatic rings. The molecular weight excluding hydrogens is 306 g/mol. The van der Waals surface area contributed by atoms with E-state index in [1.165, 1.54) is 6.08 Å². The van der Waals surface area contributed by atoms with Gasteiger partial charge < -0.3 is 15.4 Å². The standard InChI is InChI=1S/C18H19N3O3/c1-19-18(23)13-24-16-6-2-4-14(10-16)7-8-17(22)21-12-15-5-3-9-20-11-15/h2-11H,12-13H2,1H3,(H,19,23)(H,21,22)/b8-7+. The molecule has 1 aromatic heterocycles. The van der Waals surface area contributed by atoms with Crippen LogP contribution < -0.4 is 15.4 Å². The number of carbonyl (C=O) groups excluding carboxylic acids is 2. The first-order chi connectivity index (χ1) is 11.7. The molecule has 0 radical (unpaired) electrons. The summed E-state index contributed by atoms with van der Waals surface area (Å²) < 4.78 is 5.36. The zero-order valence-electron chi connectivity index (χ0n) is 13.4. The van der Waals surface area contributed by atoms with Crippen molar-refractivity contribution in [2.24, 2.45) is 0 Å². The van der Waals surface area contributed by atoms with Crippen molar-refractivity contribution in [2.75, 3.05) is 13.7 Å². The summed E-state index contributed by atoms with van der Waals surface area (Å²) >= 11 is 0. The molecule has 6 nitrogen and oxygen atoms in total. The Balaban J connectivity index is 1.86. The van der Waals surface area contributed by atoms with E-state index in [1.54, 1.807) is 43.7 Å². The number of amides is 2. The Labute approximate surface area is 140 Å². The van der Waals surface area contributed by atoms with Crippen molar-refractivity contribution in [1.82, 2.24) is 15.6 Å². The van der Waals surface area contributed by atoms with Crippen molar-refractivity contribution < 1.29 is 14.3 Å². The third-order valence-electron chi connectivity index (χ3n) is 3.12. The van der Waals surface area contributed by atoms with Gasteiger partial charge in [-0.15, -0.1) is 0 Å². The van der Waals surface area contributed by atoms with E-state index in [0.29, 0.717) is 12.3 Å². The Morgan fingerprint density at radius 2 is 2.12 bits per heavy atom. The van der Waals surface area contributed by atoms with Gasteiger partial charge in [-0.2, -0.15) is 0 Å². The van der Waals surface area contributed by atoms with Crippen molar-refractivity contribution >= 4 is 17.9 Å². The van der Waals surface area contributed by atoms with Gasteiger partial charge in [0, 0.05) is 32.1 Å². The Morgan fingerprint density at radius 3 is 2.88 bits per heavy atom. The maximum absolute atomic E-state index is 11.8. The van der Waals surface area contributed by atoms with Crippen LogP contribution in [0.3, 0.4) is 0 Å². The summed E-state index contributed by atoms with van der Waals surface area (Å²) in [6.07, 6.45) is 6.53. The predicted molar refractivity (Wildman–Crippen MR) is 91.1 cm³/mol. The van der Waals surface area contributed by atoms with E-state index in [9.17, 15) is 9.59 Å². The van der Waals surface area contributed by atoms with Gasteiger partial charge in [0.1, 0.15) is 5.75 Å². The van der Waals surface area contributed by atoms with Crippen molar-refractivity contribution in [2.45, 2.75) is 6.54 Å². The van der Waals surface area contributed by atoms with Crippen molar-refractivity contribution in [3.63, 3.8) is 0 Å². The molecule has 0 aliphatic heterocycles. The number of nitrogens with zero attached hydrogens (tertiary/aromatic N) is 1. The van der Waals surface area contributed by atoms with Crippen molar-refractivity contribution in [1.29, 1.82) is 0 Å². The number of rotatable bonds is 7. The topological polar surface area (TPSA) is 80.3 Å². The number of pyridine rings is 1. The first kappa shape index (κ1) is 17.2. The van der Waals surface area contributed by atoms with Crippen LogP contribution in [0.2, 0.25) is 0 Å². The van der Waals surface area contributed by atoms with E-state index in [4.69, 9.17) is 4.74 Å². The fraction of sp³-hybridized carbons (Fsp3) is 0.167. The monoisotopic (exact) mass is 325 g/mol. The second-order valence-corrected chi connectivity index (χ2v) is 4.95. The third kappa shape index (κ3) is 5.92. The molecule has 0 aliphatic carbocycles. The van der Waals surface area contributed by atoms with Gasteiger partial charge in [-0.05, 0) is 35.4 Å². The number of hydrogen-bond acceptors (Lipinski definition) is 4. The largest absolute Gasteiger partial charge is 0.484 e. The highest BCUT2D eigenvalue weighted by Crippen LogP contribution is 2.14. The average molecular weight is 325 g/mol. The van der Waals surface area contributed by atoms with Crippen LogP contribution in [0.1, 0.15) is 11.1 Å². The van der Waals surface area contributed by atoms with Crippen LogP contribution in [0.4, 0.5) is 0 Å². The molecule has 2 N–H and O–H groups in total. The molecule has 24 heavy (non-hydrogen) atoms. The zero-order valence-corrected chi connectivity index (χ0v) is 13.4. The lowest BCUT2D eigenvalue weighted by Gasteiger charge is -2.05. The fourth-order valence-corrected chi connectivity index (χ4v) is 1.85. The summed E-state index contributed by atoms with van der Waals surface area (Å²) in [5, 5.41) is 5.26. The lowest BCUT2D eigenvalue weighted by Crippen LogP contribution is -2.24. The van der Waals surface area contributed by atoms with Gasteiger partial charge >= 0.3 is 0 Å². The summed E-state index contributed by atoms with van der Waals surface area (Å²) in [4.78, 5) is 27.0. The molecule has 0 saturated carbocycles. The molecule has 124 valence electrons. The highest BCUT2D eigenvalue weighted by atomic mass is 16.5. The molecule has 0 spiro atoms. The van der Waals surface area contributed by atoms with E-state index in [2.05, 4.69) is 15.6 Å². The van der Waals surface area contributed by atoms with E-state index < -0.39 is 0 Å². The minimum Gasteiger partial charge on any atom is -0.484 e. The summed E-state index contributed by atoms with van der Waals surface area (Å²) in [5.74, 6) is 0.165. The number of carbonyl (C=O) groups is 2. The molecule has 2 amide bonds. The quantitative estimate of drug-likeness (QED) is 0.757. The molecule has 1 heterocycles. The van der Waals surface area contributed by atoms with E-state index in [0.717, 1.165) is 11.1 Å². The number of nitrogens with one attached hydrogen (secondary N) is 2. The normalized spacial score (nSPS) is 10.4. The van der Waals surface area contributed by atoms with Gasteiger partial charge in [0.2, 0.25) is 5.91 Å². The van der Waals surface area contributed by atoms with Gasteiger partial charge in [-0.3, -0.25) is 14.6 Å². The van der Waals surface area contributed by atoms with Gasteiger partial charge in [0.05, 0.1) is 0 Å². The molecular formula is C18H19N3O3. The lowest BCUT2D eigenvalue weighted by molar-refractivity contribution is -0.122. The van der Waals surface area contributed by atoms with Crippen LogP contribution in [0.15, 0.2) is 54.9 Å². The van der Waals surface area contributed by atoms with Crippen LogP contribution in [-0.2, 0) is 16.1 Å². The molecule has 0 saturated heterocycles. The summed E-state index contributed by atoms with van der Waals surface area (Å²) in [7, 11) is 1.55. The number of hydrogen-bond donors (Lipinski definition) is 2. The third-order valence-corrected chi connectivity index (χ3v) is 3.12. The number of aromatic nitrogens is 1. The summed E-state index contributed by atoms with van der Waals surface area (Å²) in [5.41, 5.74) is 1.74. The molecule has 0 aliphatic rings. The fourth-order valence-electron chi connectivity index (χ4n) is 1.85. The Kier molecular flexibility index (Phi) is 6.52. The van der Waals surface area contributed by atoms with Gasteiger partial charge in [-0.25, -0.2) is 0 Å². The SMILES string of the molecule is CNC(=O)COc1cccc(/C=C/C(=O)NCc2cccnc2)c1. The van der Waals surface area contributed by atoms with Crippen LogP contribution in [0.5, 0.6) is 5.75 Å². The molecule has 2 rings (SSSR count). The highest BCUT2D eigenvalue weighted by Gasteiger charge is 2.01. The Bertz CT molecular complexity index is 714. The molecule has 6 heteroatoms. The number of likely N-dealkylation sites (N-methyl/N-ethyl adjacent to an activating group) is 1. The van der Waals surface area contributed by atoms with Crippen LogP contribution in [0.25, 0.3) is 6.08 Å². The minimum atomic E-state index is -0.203. The summed E-state index contributed by atoms with van der Waals surface area (Å²) in [6.45, 7) is 0.377. The predicted octanol–water partition coefficient (Wildman–Crippen LogP) is 1.54. The smallest absolute Gasteiger partial charge is 0.257 e. The van der Waals surface area contributed by atoms with E-state index in [1.807, 2.05) is 18.2 Å². The van der Waals surface area contributed by atoms with Crippen LogP contribution in [-0.4, -0.2) is 30.5 Å². The molecule has 0 atom stereocenters.